The minimum Gasteiger partial charge on any atom is -0.333 e. The van der Waals surface area contributed by atoms with E-state index in [1.165, 1.54) is 6.33 Å². The number of hydrogen-bond donors (Lipinski definition) is 2. The second-order valence-electron chi connectivity index (χ2n) is 9.09. The summed E-state index contributed by atoms with van der Waals surface area (Å²) in [4.78, 5) is 53.5. The van der Waals surface area contributed by atoms with Crippen LogP contribution in [0.5, 0.6) is 0 Å². The molecule has 5 rings (SSSR count). The maximum atomic E-state index is 13.2. The van der Waals surface area contributed by atoms with Crippen LogP contribution in [0.2, 0.25) is 5.28 Å². The summed E-state index contributed by atoms with van der Waals surface area (Å²) in [6.07, 6.45) is 5.58. The van der Waals surface area contributed by atoms with Crippen molar-refractivity contribution in [1.82, 2.24) is 25.2 Å². The summed E-state index contributed by atoms with van der Waals surface area (Å²) >= 11 is 6.07. The molecule has 3 heterocycles. The second kappa shape index (κ2) is 9.27. The number of amides is 3. The van der Waals surface area contributed by atoms with Gasteiger partial charge in [-0.2, -0.15) is 4.98 Å². The molecule has 1 aromatic heterocycles. The molecule has 2 aromatic rings. The van der Waals surface area contributed by atoms with Gasteiger partial charge in [0.05, 0.1) is 0 Å². The van der Waals surface area contributed by atoms with Crippen LogP contribution in [-0.4, -0.2) is 55.7 Å². The highest BCUT2D eigenvalue weighted by atomic mass is 35.5. The van der Waals surface area contributed by atoms with Crippen molar-refractivity contribution in [1.29, 1.82) is 0 Å². The normalized spacial score (nSPS) is 24.7. The van der Waals surface area contributed by atoms with Crippen LogP contribution in [-0.2, 0) is 22.7 Å². The van der Waals surface area contributed by atoms with Gasteiger partial charge >= 0.3 is 0 Å². The fourth-order valence-corrected chi connectivity index (χ4v) is 5.28. The second-order valence-corrected chi connectivity index (χ2v) is 9.43. The number of anilines is 1. The summed E-state index contributed by atoms with van der Waals surface area (Å²) in [5.41, 5.74) is 8.56. The first-order valence-electron chi connectivity index (χ1n) is 11.5. The molecule has 1 saturated carbocycles. The summed E-state index contributed by atoms with van der Waals surface area (Å²) in [6, 6.07) is 5.36. The summed E-state index contributed by atoms with van der Waals surface area (Å²) in [7, 11) is 0. The van der Waals surface area contributed by atoms with Gasteiger partial charge < -0.3 is 15.5 Å². The van der Waals surface area contributed by atoms with Crippen molar-refractivity contribution in [2.75, 3.05) is 4.90 Å². The number of nitrogens with one attached hydrogen (secondary N) is 1. The van der Waals surface area contributed by atoms with Gasteiger partial charge in [0.1, 0.15) is 12.4 Å². The highest BCUT2D eigenvalue weighted by molar-refractivity contribution is 6.28. The molecule has 1 unspecified atom stereocenters. The Morgan fingerprint density at radius 1 is 1.12 bits per heavy atom. The Bertz CT molecular complexity index is 1140. The maximum Gasteiger partial charge on any atom is 0.255 e. The number of hydrogen-bond acceptors (Lipinski definition) is 8. The van der Waals surface area contributed by atoms with Crippen LogP contribution in [0.25, 0.3) is 0 Å². The third-order valence-electron chi connectivity index (χ3n) is 6.99. The van der Waals surface area contributed by atoms with Gasteiger partial charge in [-0.15, -0.1) is 0 Å². The smallest absolute Gasteiger partial charge is 0.255 e. The monoisotopic (exact) mass is 483 g/mol. The highest BCUT2D eigenvalue weighted by Crippen LogP contribution is 2.33. The van der Waals surface area contributed by atoms with Crippen LogP contribution >= 0.6 is 11.6 Å². The predicted molar refractivity (Wildman–Crippen MR) is 124 cm³/mol. The molecule has 3 amide bonds. The zero-order valence-electron chi connectivity index (χ0n) is 18.6. The first-order valence-corrected chi connectivity index (χ1v) is 11.9. The average molecular weight is 484 g/mol. The van der Waals surface area contributed by atoms with Gasteiger partial charge in [-0.25, -0.2) is 9.97 Å². The Labute approximate surface area is 201 Å². The fraction of sp³-hybridized carbons (Fsp3) is 0.478. The number of nitrogens with zero attached hydrogens (tertiary/aromatic N) is 5. The number of halogens is 1. The molecule has 1 aliphatic carbocycles. The van der Waals surface area contributed by atoms with E-state index in [1.807, 2.05) is 12.1 Å². The van der Waals surface area contributed by atoms with E-state index < -0.39 is 11.9 Å². The van der Waals surface area contributed by atoms with Crippen LogP contribution in [0, 0.1) is 0 Å². The molecule has 3 aliphatic rings. The van der Waals surface area contributed by atoms with E-state index in [-0.39, 0.29) is 35.6 Å². The molecule has 34 heavy (non-hydrogen) atoms. The SMILES string of the molecule is NC1CCC(N(Cc2cccc3c2CN(C2CCC(=O)NC2=O)C3=O)c2ncnc(Cl)n2)CC1. The van der Waals surface area contributed by atoms with Gasteiger partial charge in [0.25, 0.3) is 5.91 Å². The van der Waals surface area contributed by atoms with Crippen LogP contribution in [0.1, 0.15) is 60.0 Å². The van der Waals surface area contributed by atoms with E-state index in [1.54, 1.807) is 11.0 Å². The third kappa shape index (κ3) is 4.35. The maximum absolute atomic E-state index is 13.2. The number of nitrogens with two attached hydrogens (primary N) is 1. The molecular weight excluding hydrogens is 458 g/mol. The van der Waals surface area contributed by atoms with E-state index in [0.29, 0.717) is 31.0 Å². The number of carbonyl (C=O) groups is 3. The quantitative estimate of drug-likeness (QED) is 0.612. The van der Waals surface area contributed by atoms with Crippen molar-refractivity contribution in [3.63, 3.8) is 0 Å². The molecule has 11 heteroatoms. The summed E-state index contributed by atoms with van der Waals surface area (Å²) < 4.78 is 0. The molecule has 1 aromatic carbocycles. The largest absolute Gasteiger partial charge is 0.333 e. The minimum atomic E-state index is -0.649. The first-order chi connectivity index (χ1) is 16.4. The van der Waals surface area contributed by atoms with E-state index in [0.717, 1.165) is 36.8 Å². The molecule has 3 N–H and O–H groups in total. The summed E-state index contributed by atoms with van der Waals surface area (Å²) in [5.74, 6) is -0.418. The number of benzene rings is 1. The lowest BCUT2D eigenvalue weighted by atomic mass is 9.90. The van der Waals surface area contributed by atoms with Gasteiger partial charge in [0, 0.05) is 37.2 Å². The first kappa shape index (κ1) is 22.7. The molecule has 2 aliphatic heterocycles. The van der Waals surface area contributed by atoms with Crippen molar-refractivity contribution in [3.05, 3.63) is 46.5 Å². The molecule has 0 radical (unpaired) electrons. The van der Waals surface area contributed by atoms with E-state index in [9.17, 15) is 14.4 Å². The Kier molecular flexibility index (Phi) is 6.18. The number of fused-ring (bicyclic) bond motifs is 1. The third-order valence-corrected chi connectivity index (χ3v) is 7.17. The Hall–Kier alpha value is -3.11. The van der Waals surface area contributed by atoms with Crippen molar-refractivity contribution in [2.45, 2.75) is 69.7 Å². The molecule has 0 bridgehead atoms. The lowest BCUT2D eigenvalue weighted by Crippen LogP contribution is -2.52. The number of aromatic nitrogens is 3. The standard InChI is InChI=1S/C23H26ClN7O3/c24-22-26-12-27-23(29-22)30(15-6-4-14(25)5-7-15)10-13-2-1-3-16-17(13)11-31(21(16)34)18-8-9-19(32)28-20(18)33/h1-3,12,14-15,18H,4-11,25H2,(H,28,32,33). The molecule has 10 nitrogen and oxygen atoms in total. The summed E-state index contributed by atoms with van der Waals surface area (Å²) in [5, 5.41) is 2.47. The number of carbonyl (C=O) groups excluding carboxylic acids is 3. The van der Waals surface area contributed by atoms with Crippen LogP contribution in [0.15, 0.2) is 24.5 Å². The molecule has 2 fully saturated rings. The van der Waals surface area contributed by atoms with Gasteiger partial charge in [0.2, 0.25) is 23.0 Å². The predicted octanol–water partition coefficient (Wildman–Crippen LogP) is 1.56. The van der Waals surface area contributed by atoms with Crippen molar-refractivity contribution < 1.29 is 14.4 Å². The van der Waals surface area contributed by atoms with Gasteiger partial charge in [-0.3, -0.25) is 19.7 Å². The van der Waals surface area contributed by atoms with E-state index in [4.69, 9.17) is 17.3 Å². The van der Waals surface area contributed by atoms with Crippen molar-refractivity contribution in [3.8, 4) is 0 Å². The highest BCUT2D eigenvalue weighted by Gasteiger charge is 2.40. The van der Waals surface area contributed by atoms with Gasteiger partial charge in [0.15, 0.2) is 0 Å². The summed E-state index contributed by atoms with van der Waals surface area (Å²) in [6.45, 7) is 0.803. The topological polar surface area (TPSA) is 134 Å². The average Bonchev–Trinajstić information content (AvgIpc) is 3.15. The number of rotatable bonds is 5. The number of piperidine rings is 1. The zero-order chi connectivity index (χ0) is 23.8. The molecular formula is C23H26ClN7O3. The fourth-order valence-electron chi connectivity index (χ4n) is 5.16. The van der Waals surface area contributed by atoms with Crippen LogP contribution in [0.3, 0.4) is 0 Å². The van der Waals surface area contributed by atoms with E-state index >= 15 is 0 Å². The lowest BCUT2D eigenvalue weighted by Gasteiger charge is -2.36. The Morgan fingerprint density at radius 3 is 2.65 bits per heavy atom. The molecule has 1 saturated heterocycles. The van der Waals surface area contributed by atoms with E-state index in [2.05, 4.69) is 25.2 Å². The van der Waals surface area contributed by atoms with Crippen LogP contribution in [0.4, 0.5) is 5.95 Å². The van der Waals surface area contributed by atoms with Crippen molar-refractivity contribution in [2.24, 2.45) is 5.73 Å². The Morgan fingerprint density at radius 2 is 1.91 bits per heavy atom. The van der Waals surface area contributed by atoms with Crippen molar-refractivity contribution >= 4 is 35.3 Å². The van der Waals surface area contributed by atoms with Crippen LogP contribution < -0.4 is 16.0 Å². The lowest BCUT2D eigenvalue weighted by molar-refractivity contribution is -0.136. The van der Waals surface area contributed by atoms with Gasteiger partial charge in [-0.1, -0.05) is 12.1 Å². The van der Waals surface area contributed by atoms with Gasteiger partial charge in [-0.05, 0) is 60.9 Å². The number of imide groups is 1. The zero-order valence-corrected chi connectivity index (χ0v) is 19.4. The molecule has 178 valence electrons. The Balaban J connectivity index is 1.44. The molecule has 0 spiro atoms. The molecule has 1 atom stereocenters. The minimum absolute atomic E-state index is 0.125.